The average molecular weight is 152 g/mol. The Labute approximate surface area is 66.1 Å². The molecule has 0 rings (SSSR count). The molecule has 3 nitrogen and oxygen atoms in total. The summed E-state index contributed by atoms with van der Waals surface area (Å²) in [7, 11) is 0. The van der Waals surface area contributed by atoms with Crippen LogP contribution in [-0.4, -0.2) is 5.78 Å². The van der Waals surface area contributed by atoms with Gasteiger partial charge in [-0.15, -0.1) is 0 Å². The van der Waals surface area contributed by atoms with E-state index in [1.165, 1.54) is 18.5 Å². The second-order valence-corrected chi connectivity index (χ2v) is 1.85. The Balaban J connectivity index is 4.41. The molecule has 0 aromatic heterocycles. The fourth-order valence-corrected chi connectivity index (χ4v) is 0.583. The molecule has 11 heavy (non-hydrogen) atoms. The Hall–Kier alpha value is -1.51. The number of carbonyl (C=O) groups excluding carboxylic acids is 1. The SMILES string of the molecule is C/C=C\C(=C/N)C(=O)/C=C/N. The smallest absolute Gasteiger partial charge is 0.188 e. The van der Waals surface area contributed by atoms with Crippen LogP contribution >= 0.6 is 0 Å². The first kappa shape index (κ1) is 9.49. The molecule has 4 N–H and O–H groups in total. The maximum atomic E-state index is 11.0. The molecule has 0 fully saturated rings. The Morgan fingerprint density at radius 3 is 2.27 bits per heavy atom. The first-order valence-electron chi connectivity index (χ1n) is 3.23. The number of nitrogens with two attached hydrogens (primary N) is 2. The number of ketones is 1. The van der Waals surface area contributed by atoms with Crippen molar-refractivity contribution in [2.24, 2.45) is 11.5 Å². The quantitative estimate of drug-likeness (QED) is 0.455. The molecule has 0 aliphatic heterocycles. The van der Waals surface area contributed by atoms with Crippen molar-refractivity contribution in [2.75, 3.05) is 0 Å². The van der Waals surface area contributed by atoms with E-state index in [2.05, 4.69) is 0 Å². The first-order chi connectivity index (χ1) is 5.26. The van der Waals surface area contributed by atoms with Crippen LogP contribution in [0.4, 0.5) is 0 Å². The maximum Gasteiger partial charge on any atom is 0.188 e. The predicted octanol–water partition coefficient (Wildman–Crippen LogP) is 0.447. The Kier molecular flexibility index (Phi) is 4.56. The molecule has 0 heterocycles. The Bertz CT molecular complexity index is 214. The van der Waals surface area contributed by atoms with E-state index in [-0.39, 0.29) is 5.78 Å². The minimum Gasteiger partial charge on any atom is -0.404 e. The van der Waals surface area contributed by atoms with Crippen LogP contribution in [0.3, 0.4) is 0 Å². The number of hydrogen-bond donors (Lipinski definition) is 2. The molecule has 0 aromatic carbocycles. The zero-order chi connectivity index (χ0) is 8.69. The van der Waals surface area contributed by atoms with Crippen molar-refractivity contribution in [1.29, 1.82) is 0 Å². The number of allylic oxidation sites excluding steroid dienone is 4. The summed E-state index contributed by atoms with van der Waals surface area (Å²) in [4.78, 5) is 11.0. The molecule has 0 amide bonds. The van der Waals surface area contributed by atoms with Crippen molar-refractivity contribution >= 4 is 5.78 Å². The van der Waals surface area contributed by atoms with Gasteiger partial charge < -0.3 is 11.5 Å². The molecule has 0 aromatic rings. The first-order valence-corrected chi connectivity index (χ1v) is 3.23. The topological polar surface area (TPSA) is 69.1 Å². The summed E-state index contributed by atoms with van der Waals surface area (Å²) in [6, 6.07) is 0. The van der Waals surface area contributed by atoms with E-state index in [1.807, 2.05) is 6.92 Å². The van der Waals surface area contributed by atoms with Gasteiger partial charge in [0.1, 0.15) is 0 Å². The molecular formula is C8H12N2O. The molecule has 60 valence electrons. The lowest BCUT2D eigenvalue weighted by atomic mass is 10.1. The maximum absolute atomic E-state index is 11.0. The van der Waals surface area contributed by atoms with Crippen molar-refractivity contribution in [3.63, 3.8) is 0 Å². The minimum absolute atomic E-state index is 0.187. The normalized spacial score (nSPS) is 13.0. The standard InChI is InChI=1S/C8H12N2O/c1-2-3-7(6-10)8(11)4-5-9/h2-6H,9-10H2,1H3/b3-2-,5-4+,7-6+. The highest BCUT2D eigenvalue weighted by Crippen LogP contribution is 1.97. The van der Waals surface area contributed by atoms with Gasteiger partial charge in [-0.05, 0) is 13.1 Å². The Morgan fingerprint density at radius 2 is 1.91 bits per heavy atom. The molecule has 0 radical (unpaired) electrons. The van der Waals surface area contributed by atoms with E-state index >= 15 is 0 Å². The molecular weight excluding hydrogens is 140 g/mol. The lowest BCUT2D eigenvalue weighted by molar-refractivity contribution is -0.111. The van der Waals surface area contributed by atoms with Crippen molar-refractivity contribution in [1.82, 2.24) is 0 Å². The van der Waals surface area contributed by atoms with E-state index in [1.54, 1.807) is 12.2 Å². The van der Waals surface area contributed by atoms with E-state index in [0.29, 0.717) is 5.57 Å². The number of hydrogen-bond acceptors (Lipinski definition) is 3. The van der Waals surface area contributed by atoms with Gasteiger partial charge in [0.25, 0.3) is 0 Å². The average Bonchev–Trinajstić information content (AvgIpc) is 2.00. The molecule has 0 saturated carbocycles. The lowest BCUT2D eigenvalue weighted by Crippen LogP contribution is -1.99. The van der Waals surface area contributed by atoms with Crippen LogP contribution in [0.15, 0.2) is 36.2 Å². The molecule has 3 heteroatoms. The summed E-state index contributed by atoms with van der Waals surface area (Å²) < 4.78 is 0. The number of rotatable bonds is 3. The second-order valence-electron chi connectivity index (χ2n) is 1.85. The van der Waals surface area contributed by atoms with Gasteiger partial charge in [-0.1, -0.05) is 12.2 Å². The zero-order valence-electron chi connectivity index (χ0n) is 6.45. The van der Waals surface area contributed by atoms with Crippen LogP contribution in [-0.2, 0) is 4.79 Å². The fourth-order valence-electron chi connectivity index (χ4n) is 0.583. The highest BCUT2D eigenvalue weighted by Gasteiger charge is 1.98. The highest BCUT2D eigenvalue weighted by atomic mass is 16.1. The van der Waals surface area contributed by atoms with Gasteiger partial charge in [0.05, 0.1) is 0 Å². The largest absolute Gasteiger partial charge is 0.404 e. The molecule has 0 atom stereocenters. The van der Waals surface area contributed by atoms with Crippen molar-refractivity contribution < 1.29 is 4.79 Å². The van der Waals surface area contributed by atoms with Crippen LogP contribution in [0.1, 0.15) is 6.92 Å². The summed E-state index contributed by atoms with van der Waals surface area (Å²) in [5.74, 6) is -0.187. The van der Waals surface area contributed by atoms with Gasteiger partial charge in [-0.2, -0.15) is 0 Å². The number of carbonyl (C=O) groups is 1. The van der Waals surface area contributed by atoms with Gasteiger partial charge in [0, 0.05) is 17.8 Å². The van der Waals surface area contributed by atoms with Crippen molar-refractivity contribution in [3.05, 3.63) is 36.2 Å². The summed E-state index contributed by atoms with van der Waals surface area (Å²) >= 11 is 0. The fraction of sp³-hybridized carbons (Fsp3) is 0.125. The third-order valence-corrected chi connectivity index (χ3v) is 1.06. The van der Waals surface area contributed by atoms with Crippen LogP contribution in [0.2, 0.25) is 0 Å². The second kappa shape index (κ2) is 5.29. The van der Waals surface area contributed by atoms with Crippen LogP contribution in [0, 0.1) is 0 Å². The van der Waals surface area contributed by atoms with Gasteiger partial charge >= 0.3 is 0 Å². The lowest BCUT2D eigenvalue weighted by Gasteiger charge is -1.91. The third kappa shape index (κ3) is 3.25. The van der Waals surface area contributed by atoms with E-state index in [9.17, 15) is 4.79 Å². The monoisotopic (exact) mass is 152 g/mol. The van der Waals surface area contributed by atoms with Crippen LogP contribution < -0.4 is 11.5 Å². The summed E-state index contributed by atoms with van der Waals surface area (Å²) in [6.07, 6.45) is 7.07. The predicted molar refractivity (Wildman–Crippen MR) is 45.4 cm³/mol. The zero-order valence-corrected chi connectivity index (χ0v) is 6.45. The van der Waals surface area contributed by atoms with Crippen LogP contribution in [0.5, 0.6) is 0 Å². The highest BCUT2D eigenvalue weighted by molar-refractivity contribution is 6.05. The molecule has 0 unspecified atom stereocenters. The summed E-state index contributed by atoms with van der Waals surface area (Å²) in [5, 5.41) is 0. The third-order valence-electron chi connectivity index (χ3n) is 1.06. The van der Waals surface area contributed by atoms with Gasteiger partial charge in [-0.25, -0.2) is 0 Å². The molecule has 0 bridgehead atoms. The van der Waals surface area contributed by atoms with Crippen LogP contribution in [0.25, 0.3) is 0 Å². The van der Waals surface area contributed by atoms with E-state index in [4.69, 9.17) is 11.5 Å². The van der Waals surface area contributed by atoms with Gasteiger partial charge in [0.15, 0.2) is 5.78 Å². The van der Waals surface area contributed by atoms with E-state index in [0.717, 1.165) is 0 Å². The summed E-state index contributed by atoms with van der Waals surface area (Å²) in [6.45, 7) is 1.81. The molecule has 0 aliphatic rings. The Morgan fingerprint density at radius 1 is 1.27 bits per heavy atom. The molecule has 0 aliphatic carbocycles. The van der Waals surface area contributed by atoms with Crippen molar-refractivity contribution in [2.45, 2.75) is 6.92 Å². The molecule has 0 spiro atoms. The molecule has 0 saturated heterocycles. The van der Waals surface area contributed by atoms with Gasteiger partial charge in [0.2, 0.25) is 0 Å². The summed E-state index contributed by atoms with van der Waals surface area (Å²) in [5.41, 5.74) is 10.6. The minimum atomic E-state index is -0.187. The van der Waals surface area contributed by atoms with Crippen molar-refractivity contribution in [3.8, 4) is 0 Å². The van der Waals surface area contributed by atoms with Gasteiger partial charge in [-0.3, -0.25) is 4.79 Å². The van der Waals surface area contributed by atoms with E-state index < -0.39 is 0 Å².